The Morgan fingerprint density at radius 3 is 2.30 bits per heavy atom. The Bertz CT molecular complexity index is 1040. The second-order valence-electron chi connectivity index (χ2n) is 8.73. The van der Waals surface area contributed by atoms with Crippen molar-refractivity contribution < 1.29 is 33.1 Å². The number of aromatic carboxylic acids is 1. The van der Waals surface area contributed by atoms with Gasteiger partial charge in [-0.25, -0.2) is 14.0 Å². The number of hydrogen-bond acceptors (Lipinski definition) is 5. The third-order valence-electron chi connectivity index (χ3n) is 5.81. The molecule has 1 aliphatic heterocycles. The van der Waals surface area contributed by atoms with Crippen molar-refractivity contribution in [1.29, 1.82) is 0 Å². The number of halogens is 1. The molecule has 1 aliphatic rings. The molecule has 0 saturated carbocycles. The highest BCUT2D eigenvalue weighted by Gasteiger charge is 2.52. The van der Waals surface area contributed by atoms with Crippen molar-refractivity contribution in [1.82, 2.24) is 5.32 Å². The fraction of sp³-hybridized carbons (Fsp3) is 0.333. The lowest BCUT2D eigenvalue weighted by Gasteiger charge is -2.32. The molecule has 0 aliphatic carbocycles. The molecule has 1 heterocycles. The molecule has 0 aromatic heterocycles. The highest BCUT2D eigenvalue weighted by molar-refractivity contribution is 6.56. The molecule has 33 heavy (non-hydrogen) atoms. The lowest BCUT2D eigenvalue weighted by atomic mass is 9.76. The van der Waals surface area contributed by atoms with E-state index in [0.717, 1.165) is 11.6 Å². The fourth-order valence-corrected chi connectivity index (χ4v) is 3.23. The van der Waals surface area contributed by atoms with Gasteiger partial charge in [-0.05, 0) is 50.4 Å². The Morgan fingerprint density at radius 2 is 1.70 bits per heavy atom. The summed E-state index contributed by atoms with van der Waals surface area (Å²) in [4.78, 5) is 23.9. The van der Waals surface area contributed by atoms with Crippen molar-refractivity contribution in [3.05, 3.63) is 76.5 Å². The Labute approximate surface area is 192 Å². The monoisotopic (exact) mass is 455 g/mol. The van der Waals surface area contributed by atoms with Gasteiger partial charge in [0.25, 0.3) is 0 Å². The lowest BCUT2D eigenvalue weighted by Crippen LogP contribution is -2.41. The predicted octanol–water partition coefficient (Wildman–Crippen LogP) is 4.47. The Kier molecular flexibility index (Phi) is 7.24. The molecule has 3 rings (SSSR count). The van der Waals surface area contributed by atoms with E-state index in [9.17, 15) is 19.1 Å². The van der Waals surface area contributed by atoms with Gasteiger partial charge in [-0.15, -0.1) is 0 Å². The largest absolute Gasteiger partial charge is 0.492 e. The quantitative estimate of drug-likeness (QED) is 0.599. The van der Waals surface area contributed by atoms with Gasteiger partial charge in [0.2, 0.25) is 0 Å². The average molecular weight is 455 g/mol. The van der Waals surface area contributed by atoms with E-state index in [1.54, 1.807) is 0 Å². The molecular weight excluding hydrogens is 428 g/mol. The number of carboxylic acid groups (broad SMARTS) is 1. The second kappa shape index (κ2) is 9.76. The molecule has 1 amide bonds. The molecule has 1 fully saturated rings. The minimum Gasteiger partial charge on any atom is -0.478 e. The van der Waals surface area contributed by atoms with E-state index >= 15 is 0 Å². The Morgan fingerprint density at radius 1 is 1.06 bits per heavy atom. The predicted molar refractivity (Wildman–Crippen MR) is 122 cm³/mol. The summed E-state index contributed by atoms with van der Waals surface area (Å²) < 4.78 is 31.6. The van der Waals surface area contributed by atoms with Crippen LogP contribution in [-0.4, -0.2) is 42.0 Å². The summed E-state index contributed by atoms with van der Waals surface area (Å²) in [6.07, 6.45) is 0.797. The first-order chi connectivity index (χ1) is 15.5. The highest BCUT2D eigenvalue weighted by atomic mass is 19.1. The molecule has 0 spiro atoms. The van der Waals surface area contributed by atoms with Crippen LogP contribution in [0.15, 0.2) is 54.0 Å². The SMILES string of the molecule is CC1(C)OB(C(=Cc2cccc(F)c2C(=O)O)CNC(=O)OCc2ccccc2)OC1(C)C. The van der Waals surface area contributed by atoms with Crippen molar-refractivity contribution >= 4 is 25.3 Å². The van der Waals surface area contributed by atoms with Crippen molar-refractivity contribution in [2.24, 2.45) is 0 Å². The number of alkyl carbamates (subject to hydrolysis) is 1. The minimum atomic E-state index is -1.40. The molecule has 0 radical (unpaired) electrons. The van der Waals surface area contributed by atoms with E-state index in [1.165, 1.54) is 18.2 Å². The van der Waals surface area contributed by atoms with Crippen LogP contribution in [0.4, 0.5) is 9.18 Å². The summed E-state index contributed by atoms with van der Waals surface area (Å²) in [6.45, 7) is 7.53. The molecule has 9 heteroatoms. The average Bonchev–Trinajstić information content (AvgIpc) is 2.96. The zero-order chi connectivity index (χ0) is 24.2. The van der Waals surface area contributed by atoms with E-state index < -0.39 is 41.8 Å². The summed E-state index contributed by atoms with van der Waals surface area (Å²) in [5, 5.41) is 12.1. The van der Waals surface area contributed by atoms with Crippen molar-refractivity contribution in [2.45, 2.75) is 45.5 Å². The van der Waals surface area contributed by atoms with E-state index in [2.05, 4.69) is 5.32 Å². The number of carbonyl (C=O) groups excluding carboxylic acids is 1. The first-order valence-corrected chi connectivity index (χ1v) is 10.5. The zero-order valence-electron chi connectivity index (χ0n) is 19.1. The van der Waals surface area contributed by atoms with Gasteiger partial charge in [0, 0.05) is 6.54 Å². The summed E-state index contributed by atoms with van der Waals surface area (Å²) in [6, 6.07) is 13.2. The number of amides is 1. The van der Waals surface area contributed by atoms with Crippen LogP contribution in [0.5, 0.6) is 0 Å². The van der Waals surface area contributed by atoms with Gasteiger partial charge in [0.1, 0.15) is 18.0 Å². The van der Waals surface area contributed by atoms with Crippen LogP contribution in [0, 0.1) is 5.82 Å². The number of ether oxygens (including phenoxy) is 1. The molecule has 2 aromatic rings. The molecule has 2 aromatic carbocycles. The van der Waals surface area contributed by atoms with E-state index in [1.807, 2.05) is 58.0 Å². The first-order valence-electron chi connectivity index (χ1n) is 10.5. The van der Waals surface area contributed by atoms with Gasteiger partial charge >= 0.3 is 19.2 Å². The van der Waals surface area contributed by atoms with Crippen LogP contribution in [0.25, 0.3) is 6.08 Å². The minimum absolute atomic E-state index is 0.0555. The highest BCUT2D eigenvalue weighted by Crippen LogP contribution is 2.39. The molecule has 0 bridgehead atoms. The maximum absolute atomic E-state index is 14.2. The number of hydrogen-bond donors (Lipinski definition) is 2. The summed E-state index contributed by atoms with van der Waals surface area (Å²) in [7, 11) is -0.880. The molecule has 174 valence electrons. The number of carbonyl (C=O) groups is 2. The van der Waals surface area contributed by atoms with Crippen molar-refractivity contribution in [2.75, 3.05) is 6.54 Å². The van der Waals surface area contributed by atoms with Crippen molar-refractivity contribution in [3.63, 3.8) is 0 Å². The van der Waals surface area contributed by atoms with Gasteiger partial charge < -0.3 is 24.5 Å². The van der Waals surface area contributed by atoms with E-state index in [-0.39, 0.29) is 18.7 Å². The maximum Gasteiger partial charge on any atom is 0.492 e. The molecule has 1 saturated heterocycles. The number of rotatable bonds is 7. The third-order valence-corrected chi connectivity index (χ3v) is 5.81. The van der Waals surface area contributed by atoms with Crippen LogP contribution in [-0.2, 0) is 20.7 Å². The fourth-order valence-electron chi connectivity index (χ4n) is 3.23. The third kappa shape index (κ3) is 5.80. The first kappa shape index (κ1) is 24.5. The topological polar surface area (TPSA) is 94.1 Å². The van der Waals surface area contributed by atoms with E-state index in [0.29, 0.717) is 5.47 Å². The lowest BCUT2D eigenvalue weighted by molar-refractivity contribution is 0.00578. The number of carboxylic acids is 1. The van der Waals surface area contributed by atoms with Gasteiger partial charge in [0.15, 0.2) is 0 Å². The van der Waals surface area contributed by atoms with Gasteiger partial charge in [-0.1, -0.05) is 48.5 Å². The molecule has 7 nitrogen and oxygen atoms in total. The van der Waals surface area contributed by atoms with Crippen LogP contribution >= 0.6 is 0 Å². The maximum atomic E-state index is 14.2. The molecule has 0 atom stereocenters. The zero-order valence-corrected chi connectivity index (χ0v) is 19.1. The van der Waals surface area contributed by atoms with E-state index in [4.69, 9.17) is 14.0 Å². The molecule has 2 N–H and O–H groups in total. The standard InChI is InChI=1S/C24H27BFNO6/c1-23(2)24(3,4)33-25(32-23)18(13-17-11-8-12-19(26)20(17)21(28)29)14-27-22(30)31-15-16-9-6-5-7-10-16/h5-13H,14-15H2,1-4H3,(H,27,30)(H,28,29). The normalized spacial score (nSPS) is 17.0. The Hall–Kier alpha value is -3.17. The molecule has 0 unspecified atom stereocenters. The Balaban J connectivity index is 1.83. The van der Waals surface area contributed by atoms with Crippen LogP contribution in [0.3, 0.4) is 0 Å². The van der Waals surface area contributed by atoms with Crippen LogP contribution in [0.2, 0.25) is 0 Å². The number of benzene rings is 2. The van der Waals surface area contributed by atoms with Crippen LogP contribution < -0.4 is 5.32 Å². The van der Waals surface area contributed by atoms with Crippen LogP contribution in [0.1, 0.15) is 49.2 Å². The summed E-state index contributed by atoms with van der Waals surface area (Å²) in [5.74, 6) is -2.26. The van der Waals surface area contributed by atoms with Gasteiger partial charge in [0.05, 0.1) is 11.2 Å². The van der Waals surface area contributed by atoms with Gasteiger partial charge in [-0.2, -0.15) is 0 Å². The second-order valence-corrected chi connectivity index (χ2v) is 8.73. The summed E-state index contributed by atoms with van der Waals surface area (Å²) >= 11 is 0. The smallest absolute Gasteiger partial charge is 0.478 e. The van der Waals surface area contributed by atoms with Crippen molar-refractivity contribution in [3.8, 4) is 0 Å². The number of nitrogens with one attached hydrogen (secondary N) is 1. The summed E-state index contributed by atoms with van der Waals surface area (Å²) in [5.41, 5.74) is -0.423. The molecular formula is C24H27BFNO6. The van der Waals surface area contributed by atoms with Gasteiger partial charge in [-0.3, -0.25) is 0 Å².